The van der Waals surface area contributed by atoms with E-state index in [-0.39, 0.29) is 11.2 Å². The molecule has 0 aliphatic heterocycles. The van der Waals surface area contributed by atoms with Crippen molar-refractivity contribution < 1.29 is 0 Å². The van der Waals surface area contributed by atoms with Gasteiger partial charge < -0.3 is 0 Å². The molecule has 0 amide bonds. The number of hydrogen-bond donors (Lipinski definition) is 2. The van der Waals surface area contributed by atoms with Gasteiger partial charge in [0.05, 0.1) is 5.71 Å². The number of allylic oxidation sites excluding steroid dienone is 1. The van der Waals surface area contributed by atoms with Crippen LogP contribution in [0.5, 0.6) is 0 Å². The number of rotatable bonds is 5. The summed E-state index contributed by atoms with van der Waals surface area (Å²) in [4.78, 5) is 30.6. The monoisotopic (exact) mass is 372 g/mol. The van der Waals surface area contributed by atoms with Gasteiger partial charge in [-0.1, -0.05) is 29.8 Å². The van der Waals surface area contributed by atoms with E-state index in [2.05, 4.69) is 27.1 Å². The Labute approximate surface area is 153 Å². The molecule has 0 aliphatic rings. The van der Waals surface area contributed by atoms with Crippen LogP contribution in [0.25, 0.3) is 11.2 Å². The van der Waals surface area contributed by atoms with Gasteiger partial charge in [-0.15, -0.1) is 6.58 Å². The van der Waals surface area contributed by atoms with Crippen LogP contribution in [0.4, 0.5) is 5.95 Å². The average Bonchev–Trinajstić information content (AvgIpc) is 2.98. The molecule has 0 spiro atoms. The van der Waals surface area contributed by atoms with E-state index in [0.29, 0.717) is 23.2 Å². The van der Waals surface area contributed by atoms with Crippen molar-refractivity contribution in [2.45, 2.75) is 13.5 Å². The number of imidazole rings is 1. The Morgan fingerprint density at radius 2 is 2.08 bits per heavy atom. The number of aryl methyl sites for hydroxylation is 1. The maximum absolute atomic E-state index is 12.2. The van der Waals surface area contributed by atoms with Crippen LogP contribution >= 0.6 is 11.6 Å². The molecule has 0 atom stereocenters. The first kappa shape index (κ1) is 17.7. The average molecular weight is 373 g/mol. The van der Waals surface area contributed by atoms with E-state index in [1.165, 1.54) is 11.6 Å². The normalized spacial score (nSPS) is 11.7. The first-order chi connectivity index (χ1) is 12.4. The highest BCUT2D eigenvalue weighted by Gasteiger charge is 2.16. The highest BCUT2D eigenvalue weighted by atomic mass is 35.5. The fourth-order valence-corrected chi connectivity index (χ4v) is 2.64. The zero-order chi connectivity index (χ0) is 18.8. The third kappa shape index (κ3) is 3.18. The lowest BCUT2D eigenvalue weighted by molar-refractivity contribution is 0.819. The van der Waals surface area contributed by atoms with Crippen LogP contribution in [0.3, 0.4) is 0 Å². The third-order valence-electron chi connectivity index (χ3n) is 3.90. The van der Waals surface area contributed by atoms with Crippen molar-refractivity contribution in [1.82, 2.24) is 19.1 Å². The van der Waals surface area contributed by atoms with Crippen LogP contribution in [-0.4, -0.2) is 24.8 Å². The Morgan fingerprint density at radius 1 is 1.38 bits per heavy atom. The largest absolute Gasteiger partial charge is 0.329 e. The molecular weight excluding hydrogens is 356 g/mol. The number of H-pyrrole nitrogens is 1. The van der Waals surface area contributed by atoms with Crippen molar-refractivity contribution >= 4 is 34.4 Å². The minimum Gasteiger partial charge on any atom is -0.299 e. The predicted octanol–water partition coefficient (Wildman–Crippen LogP) is 2.10. The van der Waals surface area contributed by atoms with E-state index >= 15 is 0 Å². The molecule has 1 aromatic carbocycles. The predicted molar refractivity (Wildman–Crippen MR) is 103 cm³/mol. The lowest BCUT2D eigenvalue weighted by Crippen LogP contribution is -2.29. The smallest absolute Gasteiger partial charge is 0.299 e. The molecule has 2 heterocycles. The molecule has 2 aromatic heterocycles. The van der Waals surface area contributed by atoms with Gasteiger partial charge in [0.2, 0.25) is 5.95 Å². The highest BCUT2D eigenvalue weighted by molar-refractivity contribution is 6.30. The molecule has 0 saturated heterocycles. The summed E-state index contributed by atoms with van der Waals surface area (Å²) in [5.74, 6) is 0.333. The zero-order valence-electron chi connectivity index (χ0n) is 14.3. The maximum atomic E-state index is 12.2. The van der Waals surface area contributed by atoms with Crippen LogP contribution in [0, 0.1) is 0 Å². The van der Waals surface area contributed by atoms with Crippen molar-refractivity contribution in [2.24, 2.45) is 12.1 Å². The first-order valence-corrected chi connectivity index (χ1v) is 8.17. The number of hydrazone groups is 1. The minimum atomic E-state index is -0.529. The second-order valence-corrected chi connectivity index (χ2v) is 6.08. The van der Waals surface area contributed by atoms with E-state index in [1.807, 2.05) is 19.1 Å². The Bertz CT molecular complexity index is 1120. The molecule has 0 radical (unpaired) electrons. The number of benzene rings is 1. The molecule has 9 heteroatoms. The molecule has 3 aromatic rings. The number of aromatic amines is 1. The second kappa shape index (κ2) is 7.01. The van der Waals surface area contributed by atoms with E-state index in [1.54, 1.807) is 22.8 Å². The van der Waals surface area contributed by atoms with Crippen molar-refractivity contribution in [2.75, 3.05) is 5.43 Å². The summed E-state index contributed by atoms with van der Waals surface area (Å²) in [6.07, 6.45) is 1.63. The summed E-state index contributed by atoms with van der Waals surface area (Å²) in [6, 6.07) is 7.25. The minimum absolute atomic E-state index is 0.266. The Kier molecular flexibility index (Phi) is 4.77. The Balaban J connectivity index is 2.07. The molecule has 8 nitrogen and oxygen atoms in total. The SMILES string of the molecule is C=CCn1c(N/N=C(\C)c2ccc(Cl)cc2)nc2c1c(=O)[nH]c(=O)n2C. The molecule has 0 saturated carbocycles. The summed E-state index contributed by atoms with van der Waals surface area (Å²) in [5, 5.41) is 4.96. The molecule has 0 unspecified atom stereocenters. The number of nitrogens with zero attached hydrogens (tertiary/aromatic N) is 4. The summed E-state index contributed by atoms with van der Waals surface area (Å²) < 4.78 is 2.89. The molecule has 2 N–H and O–H groups in total. The summed E-state index contributed by atoms with van der Waals surface area (Å²) in [6.45, 7) is 5.86. The number of halogens is 1. The van der Waals surface area contributed by atoms with Crippen LogP contribution in [0.15, 0.2) is 51.6 Å². The zero-order valence-corrected chi connectivity index (χ0v) is 15.0. The van der Waals surface area contributed by atoms with Crippen molar-refractivity contribution in [3.8, 4) is 0 Å². The number of fused-ring (bicyclic) bond motifs is 1. The van der Waals surface area contributed by atoms with Gasteiger partial charge in [0, 0.05) is 18.6 Å². The van der Waals surface area contributed by atoms with E-state index in [4.69, 9.17) is 11.6 Å². The van der Waals surface area contributed by atoms with Gasteiger partial charge in [0.25, 0.3) is 5.56 Å². The van der Waals surface area contributed by atoms with Crippen molar-refractivity contribution in [1.29, 1.82) is 0 Å². The van der Waals surface area contributed by atoms with Gasteiger partial charge in [-0.25, -0.2) is 10.2 Å². The highest BCUT2D eigenvalue weighted by Crippen LogP contribution is 2.16. The van der Waals surface area contributed by atoms with Crippen LogP contribution < -0.4 is 16.7 Å². The van der Waals surface area contributed by atoms with E-state index in [9.17, 15) is 9.59 Å². The molecule has 3 rings (SSSR count). The third-order valence-corrected chi connectivity index (χ3v) is 4.16. The molecule has 0 fully saturated rings. The number of anilines is 1. The fourth-order valence-electron chi connectivity index (χ4n) is 2.52. The van der Waals surface area contributed by atoms with Gasteiger partial charge in [-0.05, 0) is 24.6 Å². The number of hydrogen-bond acceptors (Lipinski definition) is 5. The lowest BCUT2D eigenvalue weighted by atomic mass is 10.1. The molecule has 26 heavy (non-hydrogen) atoms. The fraction of sp³-hybridized carbons (Fsp3) is 0.176. The summed E-state index contributed by atoms with van der Waals surface area (Å²) >= 11 is 5.89. The number of nitrogens with one attached hydrogen (secondary N) is 2. The van der Waals surface area contributed by atoms with Crippen LogP contribution in [-0.2, 0) is 13.6 Å². The summed E-state index contributed by atoms with van der Waals surface area (Å²) in [5.41, 5.74) is 3.96. The first-order valence-electron chi connectivity index (χ1n) is 7.79. The van der Waals surface area contributed by atoms with Gasteiger partial charge >= 0.3 is 5.69 Å². The Morgan fingerprint density at radius 3 is 2.73 bits per heavy atom. The van der Waals surface area contributed by atoms with Gasteiger partial charge in [-0.2, -0.15) is 10.1 Å². The maximum Gasteiger partial charge on any atom is 0.329 e. The van der Waals surface area contributed by atoms with Gasteiger partial charge in [0.1, 0.15) is 0 Å². The standard InChI is InChI=1S/C17H17ClN6O2/c1-4-9-24-13-14(23(3)17(26)20-15(13)25)19-16(24)22-21-10(2)11-5-7-12(18)8-6-11/h4-8H,1,9H2,2-3H3,(H,19,22)(H,20,25,26)/b21-10+. The van der Waals surface area contributed by atoms with Crippen molar-refractivity contribution in [3.63, 3.8) is 0 Å². The molecule has 0 bridgehead atoms. The van der Waals surface area contributed by atoms with E-state index < -0.39 is 11.2 Å². The Hall–Kier alpha value is -3.13. The van der Waals surface area contributed by atoms with Crippen LogP contribution in [0.1, 0.15) is 12.5 Å². The molecular formula is C17H17ClN6O2. The second-order valence-electron chi connectivity index (χ2n) is 5.64. The lowest BCUT2D eigenvalue weighted by Gasteiger charge is -2.06. The van der Waals surface area contributed by atoms with Gasteiger partial charge in [0.15, 0.2) is 11.2 Å². The topological polar surface area (TPSA) is 97.1 Å². The van der Waals surface area contributed by atoms with Crippen LogP contribution in [0.2, 0.25) is 5.02 Å². The van der Waals surface area contributed by atoms with E-state index in [0.717, 1.165) is 5.56 Å². The van der Waals surface area contributed by atoms with Gasteiger partial charge in [-0.3, -0.25) is 18.9 Å². The number of aromatic nitrogens is 4. The molecule has 0 aliphatic carbocycles. The summed E-state index contributed by atoms with van der Waals surface area (Å²) in [7, 11) is 1.54. The molecule has 134 valence electrons. The van der Waals surface area contributed by atoms with Crippen molar-refractivity contribution in [3.05, 3.63) is 68.3 Å². The quantitative estimate of drug-likeness (QED) is 0.407.